The summed E-state index contributed by atoms with van der Waals surface area (Å²) in [6.45, 7) is 4.48. The summed E-state index contributed by atoms with van der Waals surface area (Å²) in [5.74, 6) is 0.0620. The number of para-hydroxylation sites is 2. The lowest BCUT2D eigenvalue weighted by atomic mass is 10.0. The lowest BCUT2D eigenvalue weighted by molar-refractivity contribution is -0.121. The van der Waals surface area contributed by atoms with E-state index in [9.17, 15) is 4.79 Å². The van der Waals surface area contributed by atoms with E-state index >= 15 is 0 Å². The Morgan fingerprint density at radius 2 is 1.82 bits per heavy atom. The van der Waals surface area contributed by atoms with Crippen LogP contribution in [0.15, 0.2) is 60.9 Å². The van der Waals surface area contributed by atoms with Crippen molar-refractivity contribution in [3.63, 3.8) is 0 Å². The van der Waals surface area contributed by atoms with Gasteiger partial charge in [-0.05, 0) is 17.7 Å². The van der Waals surface area contributed by atoms with E-state index in [1.54, 1.807) is 6.33 Å². The average molecular weight is 378 g/mol. The van der Waals surface area contributed by atoms with Gasteiger partial charge in [-0.15, -0.1) is 0 Å². The van der Waals surface area contributed by atoms with Crippen molar-refractivity contribution in [1.29, 1.82) is 0 Å². The molecule has 2 aromatic carbocycles. The summed E-state index contributed by atoms with van der Waals surface area (Å²) in [5.41, 5.74) is 3.25. The molecule has 4 rings (SSSR count). The Morgan fingerprint density at radius 1 is 1.07 bits per heavy atom. The number of imidazole rings is 1. The predicted molar refractivity (Wildman–Crippen MR) is 109 cm³/mol. The molecule has 0 spiro atoms. The number of nitrogens with one attached hydrogen (secondary N) is 1. The van der Waals surface area contributed by atoms with Gasteiger partial charge in [0, 0.05) is 32.6 Å². The van der Waals surface area contributed by atoms with Crippen molar-refractivity contribution in [2.45, 2.75) is 19.0 Å². The predicted octanol–water partition coefficient (Wildman–Crippen LogP) is 2.62. The van der Waals surface area contributed by atoms with Crippen molar-refractivity contribution in [2.24, 2.45) is 0 Å². The number of hydrogen-bond acceptors (Lipinski definition) is 4. The molecule has 0 radical (unpaired) electrons. The number of nitrogens with zero attached hydrogens (tertiary/aromatic N) is 3. The molecule has 146 valence electrons. The summed E-state index contributed by atoms with van der Waals surface area (Å²) in [5, 5.41) is 3.13. The molecule has 1 amide bonds. The topological polar surface area (TPSA) is 59.4 Å². The summed E-state index contributed by atoms with van der Waals surface area (Å²) < 4.78 is 7.52. The van der Waals surface area contributed by atoms with Crippen LogP contribution in [-0.2, 0) is 16.1 Å². The first-order chi connectivity index (χ1) is 13.8. The van der Waals surface area contributed by atoms with Crippen LogP contribution in [0, 0.1) is 0 Å². The standard InChI is InChI=1S/C22H26N4O2/c27-22(10-11-26-17-24-19-8-4-5-9-20(19)26)23-16-21(18-6-2-1-3-7-18)25-12-14-28-15-13-25/h1-9,17,21H,10-16H2,(H,23,27). The van der Waals surface area contributed by atoms with Gasteiger partial charge in [0.1, 0.15) is 0 Å². The van der Waals surface area contributed by atoms with Crippen molar-refractivity contribution >= 4 is 16.9 Å². The lowest BCUT2D eigenvalue weighted by Gasteiger charge is -2.35. The van der Waals surface area contributed by atoms with Crippen LogP contribution >= 0.6 is 0 Å². The largest absolute Gasteiger partial charge is 0.379 e. The molecule has 1 N–H and O–H groups in total. The SMILES string of the molecule is O=C(CCn1cnc2ccccc21)NCC(c1ccccc1)N1CCOCC1. The Morgan fingerprint density at radius 3 is 2.64 bits per heavy atom. The number of amides is 1. The number of carbonyl (C=O) groups is 1. The number of aromatic nitrogens is 2. The molecule has 1 saturated heterocycles. The molecule has 6 heteroatoms. The van der Waals surface area contributed by atoms with Crippen molar-refractivity contribution < 1.29 is 9.53 Å². The highest BCUT2D eigenvalue weighted by Gasteiger charge is 2.23. The Hall–Kier alpha value is -2.70. The van der Waals surface area contributed by atoms with Crippen LogP contribution < -0.4 is 5.32 Å². The molecule has 1 fully saturated rings. The van der Waals surface area contributed by atoms with Crippen LogP contribution in [0.5, 0.6) is 0 Å². The molecular weight excluding hydrogens is 352 g/mol. The molecule has 1 unspecified atom stereocenters. The maximum atomic E-state index is 12.5. The Labute approximate surface area is 165 Å². The number of carbonyl (C=O) groups excluding carboxylic acids is 1. The lowest BCUT2D eigenvalue weighted by Crippen LogP contribution is -2.43. The number of benzene rings is 2. The fourth-order valence-electron chi connectivity index (χ4n) is 3.73. The number of morpholine rings is 1. The van der Waals surface area contributed by atoms with Crippen LogP contribution in [0.4, 0.5) is 0 Å². The van der Waals surface area contributed by atoms with Gasteiger partial charge in [-0.1, -0.05) is 42.5 Å². The first-order valence-electron chi connectivity index (χ1n) is 9.84. The van der Waals surface area contributed by atoms with Gasteiger partial charge in [-0.3, -0.25) is 9.69 Å². The molecule has 1 aliphatic rings. The van der Waals surface area contributed by atoms with Gasteiger partial charge in [0.05, 0.1) is 36.6 Å². The highest BCUT2D eigenvalue weighted by Crippen LogP contribution is 2.21. The van der Waals surface area contributed by atoms with E-state index in [1.807, 2.05) is 34.9 Å². The highest BCUT2D eigenvalue weighted by atomic mass is 16.5. The molecule has 28 heavy (non-hydrogen) atoms. The zero-order chi connectivity index (χ0) is 19.2. The third-order valence-electron chi connectivity index (χ3n) is 5.27. The van der Waals surface area contributed by atoms with Gasteiger partial charge < -0.3 is 14.6 Å². The summed E-state index contributed by atoms with van der Waals surface area (Å²) in [4.78, 5) is 19.3. The number of rotatable bonds is 7. The van der Waals surface area contributed by atoms with Crippen molar-refractivity contribution in [1.82, 2.24) is 19.8 Å². The van der Waals surface area contributed by atoms with E-state index in [-0.39, 0.29) is 11.9 Å². The average Bonchev–Trinajstić information content (AvgIpc) is 3.17. The Kier molecular flexibility index (Phi) is 5.99. The normalized spacial score (nSPS) is 16.1. The second kappa shape index (κ2) is 8.99. The first-order valence-corrected chi connectivity index (χ1v) is 9.84. The van der Waals surface area contributed by atoms with E-state index in [4.69, 9.17) is 4.74 Å². The van der Waals surface area contributed by atoms with Crippen molar-refractivity contribution in [3.8, 4) is 0 Å². The van der Waals surface area contributed by atoms with E-state index in [1.165, 1.54) is 5.56 Å². The van der Waals surface area contributed by atoms with Crippen LogP contribution in [-0.4, -0.2) is 53.2 Å². The van der Waals surface area contributed by atoms with Crippen LogP contribution in [0.1, 0.15) is 18.0 Å². The summed E-state index contributed by atoms with van der Waals surface area (Å²) in [7, 11) is 0. The van der Waals surface area contributed by atoms with Crippen molar-refractivity contribution in [3.05, 3.63) is 66.5 Å². The molecule has 1 atom stereocenters. The highest BCUT2D eigenvalue weighted by molar-refractivity contribution is 5.77. The molecule has 0 bridgehead atoms. The minimum absolute atomic E-state index is 0.0620. The third-order valence-corrected chi connectivity index (χ3v) is 5.27. The summed E-state index contributed by atoms with van der Waals surface area (Å²) in [6, 6.07) is 18.5. The second-order valence-corrected chi connectivity index (χ2v) is 7.06. The molecule has 0 aliphatic carbocycles. The third kappa shape index (κ3) is 4.40. The molecule has 0 saturated carbocycles. The van der Waals surface area contributed by atoms with Gasteiger partial charge >= 0.3 is 0 Å². The van der Waals surface area contributed by atoms with Crippen molar-refractivity contribution in [2.75, 3.05) is 32.8 Å². The molecular formula is C22H26N4O2. The van der Waals surface area contributed by atoms with E-state index in [0.29, 0.717) is 19.5 Å². The van der Waals surface area contributed by atoms with Crippen LogP contribution in [0.25, 0.3) is 11.0 Å². The molecule has 3 aromatic rings. The monoisotopic (exact) mass is 378 g/mol. The maximum Gasteiger partial charge on any atom is 0.221 e. The van der Waals surface area contributed by atoms with Gasteiger partial charge in [0.15, 0.2) is 0 Å². The smallest absolute Gasteiger partial charge is 0.221 e. The van der Waals surface area contributed by atoms with Gasteiger partial charge in [0.2, 0.25) is 5.91 Å². The summed E-state index contributed by atoms with van der Waals surface area (Å²) in [6.07, 6.45) is 2.24. The van der Waals surface area contributed by atoms with E-state index < -0.39 is 0 Å². The number of ether oxygens (including phenoxy) is 1. The quantitative estimate of drug-likeness (QED) is 0.687. The number of aryl methyl sites for hydroxylation is 1. The van der Waals surface area contributed by atoms with E-state index in [0.717, 1.165) is 37.3 Å². The molecule has 1 aromatic heterocycles. The van der Waals surface area contributed by atoms with Gasteiger partial charge in [-0.25, -0.2) is 4.98 Å². The van der Waals surface area contributed by atoms with Crippen LogP contribution in [0.3, 0.4) is 0 Å². The molecule has 1 aliphatic heterocycles. The van der Waals surface area contributed by atoms with Crippen LogP contribution in [0.2, 0.25) is 0 Å². The van der Waals surface area contributed by atoms with Gasteiger partial charge in [0.25, 0.3) is 0 Å². The summed E-state index contributed by atoms with van der Waals surface area (Å²) >= 11 is 0. The maximum absolute atomic E-state index is 12.5. The fraction of sp³-hybridized carbons (Fsp3) is 0.364. The molecule has 6 nitrogen and oxygen atoms in total. The minimum atomic E-state index is 0.0620. The van der Waals surface area contributed by atoms with Gasteiger partial charge in [-0.2, -0.15) is 0 Å². The molecule has 2 heterocycles. The first kappa shape index (κ1) is 18.7. The second-order valence-electron chi connectivity index (χ2n) is 7.06. The Bertz CT molecular complexity index is 903. The zero-order valence-corrected chi connectivity index (χ0v) is 16.0. The fourth-order valence-corrected chi connectivity index (χ4v) is 3.73. The number of fused-ring (bicyclic) bond motifs is 1. The minimum Gasteiger partial charge on any atom is -0.379 e. The zero-order valence-electron chi connectivity index (χ0n) is 16.0. The Balaban J connectivity index is 1.36. The van der Waals surface area contributed by atoms with E-state index in [2.05, 4.69) is 39.5 Å². The number of hydrogen-bond donors (Lipinski definition) is 1.